The van der Waals surface area contributed by atoms with Crippen molar-refractivity contribution >= 4 is 17.5 Å². The van der Waals surface area contributed by atoms with Gasteiger partial charge in [0.2, 0.25) is 0 Å². The standard InChI is InChI=1S/C16H16N2O4/c1-2-9-21-13-7-5-12(6-8-13)18-16(20)15(19)17-11-14-4-3-10-22-14/h2-8,10H,1,9,11H2,(H,17,19)(H,18,20). The highest BCUT2D eigenvalue weighted by molar-refractivity contribution is 6.39. The summed E-state index contributed by atoms with van der Waals surface area (Å²) in [5.74, 6) is -0.250. The second-order valence-electron chi connectivity index (χ2n) is 4.34. The third kappa shape index (κ3) is 4.52. The van der Waals surface area contributed by atoms with Crippen molar-refractivity contribution < 1.29 is 18.7 Å². The number of ether oxygens (including phenoxy) is 1. The van der Waals surface area contributed by atoms with Gasteiger partial charge in [0.1, 0.15) is 18.1 Å². The first-order valence-electron chi connectivity index (χ1n) is 6.64. The smallest absolute Gasteiger partial charge is 0.313 e. The highest BCUT2D eigenvalue weighted by atomic mass is 16.5. The van der Waals surface area contributed by atoms with E-state index in [2.05, 4.69) is 17.2 Å². The van der Waals surface area contributed by atoms with Gasteiger partial charge in [0.25, 0.3) is 0 Å². The fourth-order valence-electron chi connectivity index (χ4n) is 1.64. The van der Waals surface area contributed by atoms with Crippen LogP contribution in [0.15, 0.2) is 59.7 Å². The molecular weight excluding hydrogens is 284 g/mol. The number of furan rings is 1. The number of benzene rings is 1. The van der Waals surface area contributed by atoms with Crippen LogP contribution >= 0.6 is 0 Å². The zero-order valence-corrected chi connectivity index (χ0v) is 11.9. The van der Waals surface area contributed by atoms with E-state index < -0.39 is 11.8 Å². The van der Waals surface area contributed by atoms with E-state index in [9.17, 15) is 9.59 Å². The van der Waals surface area contributed by atoms with Crippen molar-refractivity contribution in [2.24, 2.45) is 0 Å². The second kappa shape index (κ2) is 7.68. The Morgan fingerprint density at radius 2 is 1.95 bits per heavy atom. The maximum absolute atomic E-state index is 11.7. The van der Waals surface area contributed by atoms with Gasteiger partial charge in [-0.2, -0.15) is 0 Å². The largest absolute Gasteiger partial charge is 0.490 e. The summed E-state index contributed by atoms with van der Waals surface area (Å²) in [4.78, 5) is 23.4. The van der Waals surface area contributed by atoms with E-state index in [0.717, 1.165) is 0 Å². The molecule has 0 radical (unpaired) electrons. The summed E-state index contributed by atoms with van der Waals surface area (Å²) >= 11 is 0. The maximum Gasteiger partial charge on any atom is 0.313 e. The van der Waals surface area contributed by atoms with Crippen LogP contribution in [0.5, 0.6) is 5.75 Å². The summed E-state index contributed by atoms with van der Waals surface area (Å²) in [6.45, 7) is 4.12. The quantitative estimate of drug-likeness (QED) is 0.632. The van der Waals surface area contributed by atoms with E-state index in [1.165, 1.54) is 6.26 Å². The molecule has 0 fully saturated rings. The van der Waals surface area contributed by atoms with Crippen molar-refractivity contribution in [2.75, 3.05) is 11.9 Å². The third-order valence-electron chi connectivity index (χ3n) is 2.69. The van der Waals surface area contributed by atoms with Crippen LogP contribution in [0.2, 0.25) is 0 Å². The van der Waals surface area contributed by atoms with Crippen LogP contribution in [0.1, 0.15) is 5.76 Å². The molecular formula is C16H16N2O4. The fraction of sp³-hybridized carbons (Fsp3) is 0.125. The van der Waals surface area contributed by atoms with Crippen molar-refractivity contribution in [3.63, 3.8) is 0 Å². The Kier molecular flexibility index (Phi) is 5.37. The number of anilines is 1. The lowest BCUT2D eigenvalue weighted by Crippen LogP contribution is -2.34. The average Bonchev–Trinajstić information content (AvgIpc) is 3.05. The fourth-order valence-corrected chi connectivity index (χ4v) is 1.64. The van der Waals surface area contributed by atoms with E-state index in [-0.39, 0.29) is 6.54 Å². The number of hydrogen-bond acceptors (Lipinski definition) is 4. The molecule has 6 heteroatoms. The molecule has 0 aliphatic carbocycles. The molecule has 2 amide bonds. The van der Waals surface area contributed by atoms with E-state index in [1.807, 2.05) is 0 Å². The molecule has 2 aromatic rings. The highest BCUT2D eigenvalue weighted by Gasteiger charge is 2.13. The number of carbonyl (C=O) groups excluding carboxylic acids is 2. The van der Waals surface area contributed by atoms with Gasteiger partial charge in [0.05, 0.1) is 12.8 Å². The number of hydrogen-bond donors (Lipinski definition) is 2. The van der Waals surface area contributed by atoms with Gasteiger partial charge in [-0.25, -0.2) is 0 Å². The molecule has 22 heavy (non-hydrogen) atoms. The van der Waals surface area contributed by atoms with Gasteiger partial charge in [-0.1, -0.05) is 12.7 Å². The van der Waals surface area contributed by atoms with Gasteiger partial charge in [-0.15, -0.1) is 0 Å². The number of carbonyl (C=O) groups is 2. The summed E-state index contributed by atoms with van der Waals surface area (Å²) in [6, 6.07) is 10.1. The Hall–Kier alpha value is -3.02. The van der Waals surface area contributed by atoms with E-state index in [1.54, 1.807) is 42.5 Å². The van der Waals surface area contributed by atoms with E-state index in [4.69, 9.17) is 9.15 Å². The topological polar surface area (TPSA) is 80.6 Å². The first-order valence-corrected chi connectivity index (χ1v) is 6.64. The maximum atomic E-state index is 11.7. The zero-order chi connectivity index (χ0) is 15.8. The van der Waals surface area contributed by atoms with Crippen LogP contribution in [-0.4, -0.2) is 18.4 Å². The lowest BCUT2D eigenvalue weighted by molar-refractivity contribution is -0.136. The lowest BCUT2D eigenvalue weighted by Gasteiger charge is -2.07. The van der Waals surface area contributed by atoms with Gasteiger partial charge in [0, 0.05) is 5.69 Å². The second-order valence-corrected chi connectivity index (χ2v) is 4.34. The Morgan fingerprint density at radius 3 is 2.59 bits per heavy atom. The number of rotatable bonds is 6. The zero-order valence-electron chi connectivity index (χ0n) is 11.9. The first-order chi connectivity index (χ1) is 10.7. The van der Waals surface area contributed by atoms with Crippen molar-refractivity contribution in [3.8, 4) is 5.75 Å². The van der Waals surface area contributed by atoms with Crippen LogP contribution in [0.3, 0.4) is 0 Å². The number of amides is 2. The molecule has 0 aliphatic rings. The summed E-state index contributed by atoms with van der Waals surface area (Å²) < 4.78 is 10.4. The monoisotopic (exact) mass is 300 g/mol. The summed E-state index contributed by atoms with van der Waals surface area (Å²) in [7, 11) is 0. The van der Waals surface area contributed by atoms with Crippen LogP contribution in [0.25, 0.3) is 0 Å². The predicted molar refractivity (Wildman–Crippen MR) is 81.3 cm³/mol. The Balaban J connectivity index is 1.82. The molecule has 0 spiro atoms. The van der Waals surface area contributed by atoms with Crippen molar-refractivity contribution in [2.45, 2.75) is 6.54 Å². The molecule has 1 aromatic heterocycles. The molecule has 0 saturated heterocycles. The molecule has 0 saturated carbocycles. The Bertz CT molecular complexity index is 633. The van der Waals surface area contributed by atoms with Crippen LogP contribution in [-0.2, 0) is 16.1 Å². The van der Waals surface area contributed by atoms with Crippen molar-refractivity contribution in [3.05, 3.63) is 61.1 Å². The minimum atomic E-state index is -0.744. The first kappa shape index (κ1) is 15.4. The minimum absolute atomic E-state index is 0.160. The Morgan fingerprint density at radius 1 is 1.18 bits per heavy atom. The summed E-state index contributed by atoms with van der Waals surface area (Å²) in [5.41, 5.74) is 0.504. The molecule has 2 rings (SSSR count). The molecule has 0 atom stereocenters. The van der Waals surface area contributed by atoms with Gasteiger partial charge in [-0.05, 0) is 36.4 Å². The van der Waals surface area contributed by atoms with E-state index >= 15 is 0 Å². The molecule has 6 nitrogen and oxygen atoms in total. The highest BCUT2D eigenvalue weighted by Crippen LogP contribution is 2.15. The Labute approximate surface area is 127 Å². The van der Waals surface area contributed by atoms with Crippen LogP contribution in [0, 0.1) is 0 Å². The molecule has 0 aliphatic heterocycles. The molecule has 0 bridgehead atoms. The molecule has 2 N–H and O–H groups in total. The SMILES string of the molecule is C=CCOc1ccc(NC(=O)C(=O)NCc2ccco2)cc1. The number of nitrogens with one attached hydrogen (secondary N) is 2. The van der Waals surface area contributed by atoms with Crippen LogP contribution in [0.4, 0.5) is 5.69 Å². The summed E-state index contributed by atoms with van der Waals surface area (Å²) in [5, 5.41) is 4.96. The van der Waals surface area contributed by atoms with Gasteiger partial charge in [0.15, 0.2) is 0 Å². The normalized spacial score (nSPS) is 9.82. The molecule has 1 aromatic carbocycles. The van der Waals surface area contributed by atoms with Crippen LogP contribution < -0.4 is 15.4 Å². The van der Waals surface area contributed by atoms with Gasteiger partial charge < -0.3 is 19.8 Å². The lowest BCUT2D eigenvalue weighted by atomic mass is 10.3. The predicted octanol–water partition coefficient (Wildman–Crippen LogP) is 2.10. The average molecular weight is 300 g/mol. The van der Waals surface area contributed by atoms with Gasteiger partial charge in [-0.3, -0.25) is 9.59 Å². The molecule has 1 heterocycles. The van der Waals surface area contributed by atoms with Gasteiger partial charge >= 0.3 is 11.8 Å². The summed E-state index contributed by atoms with van der Waals surface area (Å²) in [6.07, 6.45) is 3.14. The minimum Gasteiger partial charge on any atom is -0.490 e. The third-order valence-corrected chi connectivity index (χ3v) is 2.69. The molecule has 114 valence electrons. The van der Waals surface area contributed by atoms with Crippen molar-refractivity contribution in [1.29, 1.82) is 0 Å². The van der Waals surface area contributed by atoms with E-state index in [0.29, 0.717) is 23.8 Å². The van der Waals surface area contributed by atoms with Crippen molar-refractivity contribution in [1.82, 2.24) is 5.32 Å². The molecule has 0 unspecified atom stereocenters.